The predicted octanol–water partition coefficient (Wildman–Crippen LogP) is 1.99. The molecule has 0 saturated heterocycles. The van der Waals surface area contributed by atoms with Gasteiger partial charge in [-0.05, 0) is 43.0 Å². The Bertz CT molecular complexity index is 381. The van der Waals surface area contributed by atoms with Gasteiger partial charge in [-0.2, -0.15) is 0 Å². The maximum Gasteiger partial charge on any atom is 0.163 e. The van der Waals surface area contributed by atoms with E-state index in [1.165, 1.54) is 0 Å². The van der Waals surface area contributed by atoms with E-state index in [4.69, 9.17) is 9.47 Å². The summed E-state index contributed by atoms with van der Waals surface area (Å²) >= 11 is 0. The first-order valence-corrected chi connectivity index (χ1v) is 5.06. The summed E-state index contributed by atoms with van der Waals surface area (Å²) < 4.78 is 10.5. The fourth-order valence-corrected chi connectivity index (χ4v) is 1.83. The van der Waals surface area contributed by atoms with Gasteiger partial charge >= 0.3 is 0 Å². The zero-order valence-electron chi connectivity index (χ0n) is 9.33. The van der Waals surface area contributed by atoms with Crippen LogP contribution in [0.25, 0.3) is 0 Å². The van der Waals surface area contributed by atoms with Crippen molar-refractivity contribution in [2.24, 2.45) is 0 Å². The van der Waals surface area contributed by atoms with Gasteiger partial charge in [-0.3, -0.25) is 0 Å². The third kappa shape index (κ3) is 1.67. The number of methoxy groups -OCH3 is 2. The molecular formula is C12H16O3. The Morgan fingerprint density at radius 2 is 1.87 bits per heavy atom. The summed E-state index contributed by atoms with van der Waals surface area (Å²) in [5.74, 6) is 1.43. The Morgan fingerprint density at radius 3 is 2.33 bits per heavy atom. The fourth-order valence-electron chi connectivity index (χ4n) is 1.83. The summed E-state index contributed by atoms with van der Waals surface area (Å²) in [6.45, 7) is 1.95. The largest absolute Gasteiger partial charge is 0.493 e. The molecule has 0 radical (unpaired) electrons. The lowest BCUT2D eigenvalue weighted by Crippen LogP contribution is -2.06. The van der Waals surface area contributed by atoms with Crippen molar-refractivity contribution in [2.45, 2.75) is 25.4 Å². The molecule has 1 aromatic rings. The second-order valence-electron chi connectivity index (χ2n) is 4.06. The van der Waals surface area contributed by atoms with Gasteiger partial charge in [-0.15, -0.1) is 0 Å². The number of rotatable bonds is 3. The van der Waals surface area contributed by atoms with E-state index in [1.807, 2.05) is 19.1 Å². The van der Waals surface area contributed by atoms with Gasteiger partial charge < -0.3 is 14.6 Å². The van der Waals surface area contributed by atoms with Gasteiger partial charge in [0.2, 0.25) is 0 Å². The summed E-state index contributed by atoms with van der Waals surface area (Å²) in [6.07, 6.45) is 1.67. The van der Waals surface area contributed by atoms with Crippen molar-refractivity contribution in [1.82, 2.24) is 0 Å². The van der Waals surface area contributed by atoms with Crippen LogP contribution in [0.3, 0.4) is 0 Å². The van der Waals surface area contributed by atoms with E-state index in [0.29, 0.717) is 5.75 Å². The second-order valence-corrected chi connectivity index (χ2v) is 4.06. The SMILES string of the molecule is COc1cc(C2(O)CC2)cc(C)c1OC. The van der Waals surface area contributed by atoms with Crippen molar-refractivity contribution >= 4 is 0 Å². The monoisotopic (exact) mass is 208 g/mol. The zero-order chi connectivity index (χ0) is 11.1. The van der Waals surface area contributed by atoms with Crippen molar-refractivity contribution in [1.29, 1.82) is 0 Å². The molecule has 15 heavy (non-hydrogen) atoms. The van der Waals surface area contributed by atoms with Crippen LogP contribution >= 0.6 is 0 Å². The number of hydrogen-bond acceptors (Lipinski definition) is 3. The third-order valence-electron chi connectivity index (χ3n) is 2.93. The molecule has 82 valence electrons. The van der Waals surface area contributed by atoms with Crippen molar-refractivity contribution in [3.05, 3.63) is 23.3 Å². The van der Waals surface area contributed by atoms with Crippen molar-refractivity contribution in [2.75, 3.05) is 14.2 Å². The average molecular weight is 208 g/mol. The molecule has 1 aromatic carbocycles. The van der Waals surface area contributed by atoms with E-state index in [9.17, 15) is 5.11 Å². The van der Waals surface area contributed by atoms with E-state index >= 15 is 0 Å². The zero-order valence-corrected chi connectivity index (χ0v) is 9.33. The molecule has 0 bridgehead atoms. The highest BCUT2D eigenvalue weighted by molar-refractivity contribution is 5.51. The second kappa shape index (κ2) is 3.42. The summed E-state index contributed by atoms with van der Waals surface area (Å²) in [4.78, 5) is 0. The molecule has 0 spiro atoms. The van der Waals surface area contributed by atoms with E-state index < -0.39 is 5.60 Å². The molecule has 1 aliphatic carbocycles. The lowest BCUT2D eigenvalue weighted by molar-refractivity contribution is 0.151. The molecule has 1 N–H and O–H groups in total. The first-order valence-electron chi connectivity index (χ1n) is 5.06. The summed E-state index contributed by atoms with van der Waals surface area (Å²) in [5.41, 5.74) is 1.30. The average Bonchev–Trinajstić information content (AvgIpc) is 2.96. The number of benzene rings is 1. The van der Waals surface area contributed by atoms with Crippen LogP contribution < -0.4 is 9.47 Å². The van der Waals surface area contributed by atoms with Gasteiger partial charge in [-0.25, -0.2) is 0 Å². The van der Waals surface area contributed by atoms with Gasteiger partial charge in [0.05, 0.1) is 19.8 Å². The standard InChI is InChI=1S/C12H16O3/c1-8-6-9(12(13)4-5-12)7-10(14-2)11(8)15-3/h6-7,13H,4-5H2,1-3H3. The van der Waals surface area contributed by atoms with E-state index in [-0.39, 0.29) is 0 Å². The topological polar surface area (TPSA) is 38.7 Å². The van der Waals surface area contributed by atoms with Crippen molar-refractivity contribution in [3.8, 4) is 11.5 Å². The molecule has 0 aromatic heterocycles. The molecule has 1 saturated carbocycles. The lowest BCUT2D eigenvalue weighted by Gasteiger charge is -2.15. The van der Waals surface area contributed by atoms with E-state index in [0.717, 1.165) is 29.7 Å². The smallest absolute Gasteiger partial charge is 0.163 e. The van der Waals surface area contributed by atoms with Crippen LogP contribution in [-0.4, -0.2) is 19.3 Å². The number of aliphatic hydroxyl groups is 1. The summed E-state index contributed by atoms with van der Waals surface area (Å²) in [6, 6.07) is 3.83. The fraction of sp³-hybridized carbons (Fsp3) is 0.500. The number of ether oxygens (including phenoxy) is 2. The number of hydrogen-bond donors (Lipinski definition) is 1. The first-order chi connectivity index (χ1) is 7.10. The highest BCUT2D eigenvalue weighted by atomic mass is 16.5. The third-order valence-corrected chi connectivity index (χ3v) is 2.93. The van der Waals surface area contributed by atoms with E-state index in [2.05, 4.69) is 0 Å². The van der Waals surface area contributed by atoms with Gasteiger partial charge in [0, 0.05) is 0 Å². The Kier molecular flexibility index (Phi) is 2.35. The molecule has 0 amide bonds. The van der Waals surface area contributed by atoms with Gasteiger partial charge in [0.15, 0.2) is 11.5 Å². The van der Waals surface area contributed by atoms with Gasteiger partial charge in [-0.1, -0.05) is 0 Å². The summed E-state index contributed by atoms with van der Waals surface area (Å²) in [5, 5.41) is 10.0. The van der Waals surface area contributed by atoms with Crippen molar-refractivity contribution in [3.63, 3.8) is 0 Å². The van der Waals surface area contributed by atoms with Crippen LogP contribution in [0.5, 0.6) is 11.5 Å². The first kappa shape index (κ1) is 10.3. The lowest BCUT2D eigenvalue weighted by atomic mass is 10.0. The molecule has 3 nitrogen and oxygen atoms in total. The Labute approximate surface area is 89.6 Å². The van der Waals surface area contributed by atoms with Crippen LogP contribution in [-0.2, 0) is 5.60 Å². The number of aryl methyl sites for hydroxylation is 1. The maximum absolute atomic E-state index is 10.0. The predicted molar refractivity (Wildman–Crippen MR) is 57.4 cm³/mol. The molecular weight excluding hydrogens is 192 g/mol. The highest BCUT2D eigenvalue weighted by Gasteiger charge is 2.42. The quantitative estimate of drug-likeness (QED) is 0.825. The van der Waals surface area contributed by atoms with Crippen LogP contribution in [0, 0.1) is 6.92 Å². The highest BCUT2D eigenvalue weighted by Crippen LogP contribution is 2.48. The minimum atomic E-state index is -0.621. The van der Waals surface area contributed by atoms with Crippen LogP contribution in [0.15, 0.2) is 12.1 Å². The Hall–Kier alpha value is -1.22. The molecule has 0 unspecified atom stereocenters. The maximum atomic E-state index is 10.0. The molecule has 0 aliphatic heterocycles. The molecule has 1 aliphatic rings. The molecule has 2 rings (SSSR count). The Balaban J connectivity index is 2.48. The van der Waals surface area contributed by atoms with Crippen molar-refractivity contribution < 1.29 is 14.6 Å². The minimum Gasteiger partial charge on any atom is -0.493 e. The van der Waals surface area contributed by atoms with Crippen LogP contribution in [0.1, 0.15) is 24.0 Å². The van der Waals surface area contributed by atoms with Gasteiger partial charge in [0.25, 0.3) is 0 Å². The van der Waals surface area contributed by atoms with Gasteiger partial charge in [0.1, 0.15) is 0 Å². The molecule has 0 atom stereocenters. The Morgan fingerprint density at radius 1 is 1.20 bits per heavy atom. The minimum absolute atomic E-state index is 0.621. The van der Waals surface area contributed by atoms with E-state index in [1.54, 1.807) is 14.2 Å². The normalized spacial score (nSPS) is 17.3. The molecule has 3 heteroatoms. The van der Waals surface area contributed by atoms with Crippen LogP contribution in [0.2, 0.25) is 0 Å². The molecule has 0 heterocycles. The molecule has 1 fully saturated rings. The summed E-state index contributed by atoms with van der Waals surface area (Å²) in [7, 11) is 3.23. The van der Waals surface area contributed by atoms with Crippen LogP contribution in [0.4, 0.5) is 0 Å².